The number of carbonyl (C=O) groups is 1. The van der Waals surface area contributed by atoms with E-state index in [-0.39, 0.29) is 30.6 Å². The maximum absolute atomic E-state index is 13.6. The van der Waals surface area contributed by atoms with Crippen LogP contribution in [-0.4, -0.2) is 69.7 Å². The van der Waals surface area contributed by atoms with E-state index in [1.807, 2.05) is 62.6 Å². The lowest BCUT2D eigenvalue weighted by Crippen LogP contribution is -2.49. The Kier molecular flexibility index (Phi) is 7.55. The molecule has 0 saturated heterocycles. The maximum atomic E-state index is 13.6. The van der Waals surface area contributed by atoms with E-state index in [4.69, 9.17) is 4.74 Å². The summed E-state index contributed by atoms with van der Waals surface area (Å²) in [6.45, 7) is 5.73. The highest BCUT2D eigenvalue weighted by atomic mass is 16.5. The van der Waals surface area contributed by atoms with Crippen molar-refractivity contribution in [3.8, 4) is 17.0 Å². The van der Waals surface area contributed by atoms with Gasteiger partial charge in [-0.05, 0) is 37.2 Å². The molecular formula is C27H32N4O3. The van der Waals surface area contributed by atoms with Gasteiger partial charge in [0.1, 0.15) is 11.7 Å². The number of benzene rings is 1. The van der Waals surface area contributed by atoms with E-state index in [1.54, 1.807) is 17.3 Å². The van der Waals surface area contributed by atoms with Gasteiger partial charge in [-0.3, -0.25) is 14.7 Å². The van der Waals surface area contributed by atoms with Crippen LogP contribution in [0.25, 0.3) is 11.1 Å². The molecule has 34 heavy (non-hydrogen) atoms. The Bertz CT molecular complexity index is 1090. The Labute approximate surface area is 201 Å². The van der Waals surface area contributed by atoms with E-state index in [0.29, 0.717) is 24.5 Å². The quantitative estimate of drug-likeness (QED) is 0.582. The topological polar surface area (TPSA) is 78.8 Å². The lowest BCUT2D eigenvalue weighted by molar-refractivity contribution is 0.0325. The minimum atomic E-state index is -0.310. The fraction of sp³-hybridized carbons (Fsp3) is 0.370. The van der Waals surface area contributed by atoms with Gasteiger partial charge >= 0.3 is 0 Å². The third-order valence-corrected chi connectivity index (χ3v) is 6.30. The minimum Gasteiger partial charge on any atom is -0.472 e. The summed E-state index contributed by atoms with van der Waals surface area (Å²) in [5, 5.41) is 9.85. The van der Waals surface area contributed by atoms with Gasteiger partial charge in [-0.15, -0.1) is 0 Å². The average molecular weight is 461 g/mol. The van der Waals surface area contributed by atoms with Crippen LogP contribution in [0.1, 0.15) is 29.8 Å². The molecule has 0 aliphatic carbocycles. The summed E-state index contributed by atoms with van der Waals surface area (Å²) in [4.78, 5) is 26.3. The zero-order chi connectivity index (χ0) is 24.1. The first-order chi connectivity index (χ1) is 16.5. The van der Waals surface area contributed by atoms with Crippen molar-refractivity contribution in [1.29, 1.82) is 0 Å². The van der Waals surface area contributed by atoms with E-state index in [2.05, 4.69) is 27.9 Å². The van der Waals surface area contributed by atoms with Gasteiger partial charge in [0.25, 0.3) is 5.91 Å². The predicted molar refractivity (Wildman–Crippen MR) is 131 cm³/mol. The largest absolute Gasteiger partial charge is 0.472 e. The molecular weight excluding hydrogens is 428 g/mol. The Morgan fingerprint density at radius 1 is 1.18 bits per heavy atom. The molecule has 1 aliphatic rings. The highest BCUT2D eigenvalue weighted by Gasteiger charge is 2.34. The molecule has 0 spiro atoms. The molecule has 4 rings (SSSR count). The summed E-state index contributed by atoms with van der Waals surface area (Å²) in [5.41, 5.74) is 3.39. The summed E-state index contributed by atoms with van der Waals surface area (Å²) >= 11 is 0. The van der Waals surface area contributed by atoms with Crippen molar-refractivity contribution in [3.63, 3.8) is 0 Å². The molecule has 178 valence electrons. The van der Waals surface area contributed by atoms with Crippen molar-refractivity contribution in [3.05, 3.63) is 78.2 Å². The van der Waals surface area contributed by atoms with Gasteiger partial charge in [-0.2, -0.15) is 0 Å². The molecule has 3 aromatic rings. The summed E-state index contributed by atoms with van der Waals surface area (Å²) in [6, 6.07) is 15.4. The number of rotatable bonds is 7. The number of hydrogen-bond donors (Lipinski definition) is 1. The van der Waals surface area contributed by atoms with Crippen LogP contribution in [-0.2, 0) is 6.54 Å². The molecule has 0 fully saturated rings. The average Bonchev–Trinajstić information content (AvgIpc) is 2.86. The third-order valence-electron chi connectivity index (χ3n) is 6.30. The molecule has 0 bridgehead atoms. The van der Waals surface area contributed by atoms with Crippen molar-refractivity contribution >= 4 is 5.91 Å². The van der Waals surface area contributed by atoms with Crippen LogP contribution < -0.4 is 4.74 Å². The van der Waals surface area contributed by atoms with Crippen molar-refractivity contribution in [2.75, 3.05) is 26.7 Å². The normalized spacial score (nSPS) is 19.2. The van der Waals surface area contributed by atoms with Crippen LogP contribution in [0.3, 0.4) is 0 Å². The minimum absolute atomic E-state index is 0.0399. The lowest BCUT2D eigenvalue weighted by Gasteiger charge is -2.37. The number of hydrogen-bond acceptors (Lipinski definition) is 6. The van der Waals surface area contributed by atoms with Gasteiger partial charge in [-0.25, -0.2) is 4.98 Å². The van der Waals surface area contributed by atoms with E-state index < -0.39 is 0 Å². The first-order valence-corrected chi connectivity index (χ1v) is 11.7. The SMILES string of the molecule is C[C@@H]1CN([C@H](C)CO)C(=O)c2cc(-c3ccccc3)cnc2O[C@H]1CN(C)Cc1cccnc1. The van der Waals surface area contributed by atoms with Gasteiger partial charge in [0.2, 0.25) is 5.88 Å². The molecule has 7 heteroatoms. The van der Waals surface area contributed by atoms with E-state index in [9.17, 15) is 9.90 Å². The van der Waals surface area contributed by atoms with Crippen molar-refractivity contribution in [2.45, 2.75) is 32.5 Å². The Morgan fingerprint density at radius 3 is 2.68 bits per heavy atom. The van der Waals surface area contributed by atoms with Crippen LogP contribution in [0.5, 0.6) is 5.88 Å². The summed E-state index contributed by atoms with van der Waals surface area (Å²) in [7, 11) is 2.05. The molecule has 0 radical (unpaired) electrons. The van der Waals surface area contributed by atoms with Gasteiger partial charge in [-0.1, -0.05) is 43.3 Å². The van der Waals surface area contributed by atoms with Crippen LogP contribution >= 0.6 is 0 Å². The Balaban J connectivity index is 1.65. The number of aliphatic hydroxyl groups is 1. The second kappa shape index (κ2) is 10.8. The van der Waals surface area contributed by atoms with Crippen molar-refractivity contribution < 1.29 is 14.6 Å². The molecule has 1 aromatic carbocycles. The van der Waals surface area contributed by atoms with Gasteiger partial charge in [0, 0.05) is 49.7 Å². The summed E-state index contributed by atoms with van der Waals surface area (Å²) in [5.74, 6) is 0.208. The highest BCUT2D eigenvalue weighted by Crippen LogP contribution is 2.30. The number of fused-ring (bicyclic) bond motifs is 1. The third kappa shape index (κ3) is 5.43. The number of likely N-dealkylation sites (N-methyl/N-ethyl adjacent to an activating group) is 1. The maximum Gasteiger partial charge on any atom is 0.259 e. The number of carbonyl (C=O) groups excluding carboxylic acids is 1. The number of nitrogens with zero attached hydrogens (tertiary/aromatic N) is 4. The number of amides is 1. The lowest BCUT2D eigenvalue weighted by atomic mass is 9.99. The highest BCUT2D eigenvalue weighted by molar-refractivity contribution is 5.98. The van der Waals surface area contributed by atoms with E-state index in [0.717, 1.165) is 23.2 Å². The second-order valence-corrected chi connectivity index (χ2v) is 9.12. The number of ether oxygens (including phenoxy) is 1. The molecule has 7 nitrogen and oxygen atoms in total. The standard InChI is InChI=1S/C27H32N4O3/c1-19-15-31(20(2)18-32)27(33)24-12-23(22-9-5-4-6-10-22)14-29-26(24)34-25(19)17-30(3)16-21-8-7-11-28-13-21/h4-14,19-20,25,32H,15-18H2,1-3H3/t19-,20-,25+/m1/s1. The Morgan fingerprint density at radius 2 is 1.97 bits per heavy atom. The zero-order valence-electron chi connectivity index (χ0n) is 20.0. The number of aromatic nitrogens is 2. The fourth-order valence-electron chi connectivity index (χ4n) is 4.28. The van der Waals surface area contributed by atoms with Crippen LogP contribution in [0.2, 0.25) is 0 Å². The van der Waals surface area contributed by atoms with Crippen LogP contribution in [0.15, 0.2) is 67.1 Å². The number of pyridine rings is 2. The van der Waals surface area contributed by atoms with Gasteiger partial charge in [0.05, 0.1) is 12.6 Å². The molecule has 1 N–H and O–H groups in total. The molecule has 0 unspecified atom stereocenters. The smallest absolute Gasteiger partial charge is 0.259 e. The van der Waals surface area contributed by atoms with Crippen LogP contribution in [0, 0.1) is 5.92 Å². The first kappa shape index (κ1) is 23.9. The first-order valence-electron chi connectivity index (χ1n) is 11.7. The van der Waals surface area contributed by atoms with Gasteiger partial charge in [0.15, 0.2) is 0 Å². The predicted octanol–water partition coefficient (Wildman–Crippen LogP) is 3.50. The van der Waals surface area contributed by atoms with E-state index in [1.165, 1.54) is 0 Å². The molecule has 3 heterocycles. The molecule has 1 aliphatic heterocycles. The molecule has 3 atom stereocenters. The Hall–Kier alpha value is -3.29. The number of aliphatic hydroxyl groups excluding tert-OH is 1. The van der Waals surface area contributed by atoms with Crippen LogP contribution in [0.4, 0.5) is 0 Å². The monoisotopic (exact) mass is 460 g/mol. The van der Waals surface area contributed by atoms with Crippen molar-refractivity contribution in [1.82, 2.24) is 19.8 Å². The zero-order valence-corrected chi connectivity index (χ0v) is 20.0. The molecule has 0 saturated carbocycles. The molecule has 1 amide bonds. The second-order valence-electron chi connectivity index (χ2n) is 9.12. The van der Waals surface area contributed by atoms with E-state index >= 15 is 0 Å². The van der Waals surface area contributed by atoms with Crippen molar-refractivity contribution in [2.24, 2.45) is 5.92 Å². The fourth-order valence-corrected chi connectivity index (χ4v) is 4.28. The van der Waals surface area contributed by atoms with Gasteiger partial charge < -0.3 is 14.7 Å². The summed E-state index contributed by atoms with van der Waals surface area (Å²) < 4.78 is 6.40. The summed E-state index contributed by atoms with van der Waals surface area (Å²) in [6.07, 6.45) is 5.20. The molecule has 2 aromatic heterocycles.